The van der Waals surface area contributed by atoms with Crippen LogP contribution in [0.3, 0.4) is 0 Å². The van der Waals surface area contributed by atoms with Gasteiger partial charge in [0.25, 0.3) is 5.56 Å². The van der Waals surface area contributed by atoms with Gasteiger partial charge in [-0.25, -0.2) is 0 Å². The number of aromatic amines is 1. The minimum absolute atomic E-state index is 0.204. The second-order valence-corrected chi connectivity index (χ2v) is 4.39. The minimum Gasteiger partial charge on any atom is -0.327 e. The second kappa shape index (κ2) is 5.43. The highest BCUT2D eigenvalue weighted by Crippen LogP contribution is 2.29. The molecule has 0 bridgehead atoms. The van der Waals surface area contributed by atoms with Gasteiger partial charge in [-0.15, -0.1) is 0 Å². The summed E-state index contributed by atoms with van der Waals surface area (Å²) in [5.41, 5.74) is 3.18. The molecule has 0 radical (unpaired) electrons. The SMILES string of the molecule is CC(C)C(N)C(=O)Nc1cc(C(F)(F)F)c[nH]c1=O. The molecule has 0 aliphatic rings. The third kappa shape index (κ3) is 3.82. The lowest BCUT2D eigenvalue weighted by atomic mass is 10.0. The van der Waals surface area contributed by atoms with E-state index < -0.39 is 34.9 Å². The molecule has 0 aliphatic heterocycles. The van der Waals surface area contributed by atoms with Gasteiger partial charge in [-0.1, -0.05) is 13.8 Å². The second-order valence-electron chi connectivity index (χ2n) is 4.39. The number of nitrogens with one attached hydrogen (secondary N) is 2. The Bertz CT molecular complexity index is 523. The smallest absolute Gasteiger partial charge is 0.327 e. The van der Waals surface area contributed by atoms with Gasteiger partial charge in [-0.2, -0.15) is 13.2 Å². The zero-order valence-corrected chi connectivity index (χ0v) is 10.3. The summed E-state index contributed by atoms with van der Waals surface area (Å²) in [5.74, 6) is -0.912. The number of carbonyl (C=O) groups is 1. The van der Waals surface area contributed by atoms with Crippen molar-refractivity contribution in [3.63, 3.8) is 0 Å². The van der Waals surface area contributed by atoms with E-state index in [1.807, 2.05) is 4.98 Å². The summed E-state index contributed by atoms with van der Waals surface area (Å²) >= 11 is 0. The van der Waals surface area contributed by atoms with Gasteiger partial charge in [-0.05, 0) is 12.0 Å². The van der Waals surface area contributed by atoms with Gasteiger partial charge in [-0.3, -0.25) is 9.59 Å². The van der Waals surface area contributed by atoms with Crippen molar-refractivity contribution in [1.29, 1.82) is 0 Å². The van der Waals surface area contributed by atoms with Crippen LogP contribution in [-0.4, -0.2) is 16.9 Å². The fourth-order valence-corrected chi connectivity index (χ4v) is 1.26. The van der Waals surface area contributed by atoms with E-state index in [0.717, 1.165) is 0 Å². The van der Waals surface area contributed by atoms with E-state index in [2.05, 4.69) is 5.32 Å². The quantitative estimate of drug-likeness (QED) is 0.778. The van der Waals surface area contributed by atoms with Crippen molar-refractivity contribution >= 4 is 11.6 Å². The number of H-pyrrole nitrogens is 1. The standard InChI is InChI=1S/C11H14F3N3O2/c1-5(2)8(15)10(19)17-7-3-6(11(12,13)14)4-16-9(7)18/h3-5,8H,15H2,1-2H3,(H,16,18)(H,17,19). The molecule has 1 aromatic rings. The molecule has 1 aromatic heterocycles. The molecule has 0 saturated heterocycles. The summed E-state index contributed by atoms with van der Waals surface area (Å²) in [6, 6.07) is -0.335. The molecule has 1 amide bonds. The Kier molecular flexibility index (Phi) is 4.35. The lowest BCUT2D eigenvalue weighted by Gasteiger charge is -2.15. The highest BCUT2D eigenvalue weighted by Gasteiger charge is 2.31. The molecule has 106 valence electrons. The van der Waals surface area contributed by atoms with Crippen molar-refractivity contribution in [2.75, 3.05) is 5.32 Å². The van der Waals surface area contributed by atoms with Crippen LogP contribution in [0.25, 0.3) is 0 Å². The van der Waals surface area contributed by atoms with Crippen molar-refractivity contribution in [2.24, 2.45) is 11.7 Å². The molecule has 1 heterocycles. The fraction of sp³-hybridized carbons (Fsp3) is 0.455. The topological polar surface area (TPSA) is 88.0 Å². The number of pyridine rings is 1. The van der Waals surface area contributed by atoms with E-state index in [0.29, 0.717) is 12.3 Å². The minimum atomic E-state index is -4.61. The Balaban J connectivity index is 3.02. The average molecular weight is 277 g/mol. The molecule has 0 fully saturated rings. The van der Waals surface area contributed by atoms with Gasteiger partial charge in [0.05, 0.1) is 11.6 Å². The lowest BCUT2D eigenvalue weighted by Crippen LogP contribution is -2.40. The number of halogens is 3. The molecule has 8 heteroatoms. The number of hydrogen-bond donors (Lipinski definition) is 3. The van der Waals surface area contributed by atoms with Crippen LogP contribution in [-0.2, 0) is 11.0 Å². The van der Waals surface area contributed by atoms with E-state index in [1.54, 1.807) is 13.8 Å². The predicted octanol–water partition coefficient (Wildman–Crippen LogP) is 1.32. The number of anilines is 1. The Hall–Kier alpha value is -1.83. The third-order valence-electron chi connectivity index (χ3n) is 2.51. The molecule has 0 aromatic carbocycles. The molecule has 1 rings (SSSR count). The average Bonchev–Trinajstić information content (AvgIpc) is 2.29. The molecule has 0 saturated carbocycles. The maximum atomic E-state index is 12.5. The van der Waals surface area contributed by atoms with Gasteiger partial charge in [0.2, 0.25) is 5.91 Å². The Morgan fingerprint density at radius 3 is 2.47 bits per heavy atom. The number of nitrogens with two attached hydrogens (primary N) is 1. The Morgan fingerprint density at radius 1 is 1.42 bits per heavy atom. The highest BCUT2D eigenvalue weighted by molar-refractivity contribution is 5.94. The molecule has 19 heavy (non-hydrogen) atoms. The molecule has 0 aliphatic carbocycles. The summed E-state index contributed by atoms with van der Waals surface area (Å²) in [4.78, 5) is 24.9. The number of rotatable bonds is 3. The van der Waals surface area contributed by atoms with E-state index in [1.165, 1.54) is 0 Å². The van der Waals surface area contributed by atoms with Crippen LogP contribution in [0.15, 0.2) is 17.1 Å². The number of alkyl halides is 3. The van der Waals surface area contributed by atoms with Crippen LogP contribution >= 0.6 is 0 Å². The summed E-state index contributed by atoms with van der Waals surface area (Å²) in [5, 5.41) is 2.10. The van der Waals surface area contributed by atoms with Crippen LogP contribution in [0, 0.1) is 5.92 Å². The molecule has 5 nitrogen and oxygen atoms in total. The maximum Gasteiger partial charge on any atom is 0.417 e. The van der Waals surface area contributed by atoms with E-state index in [9.17, 15) is 22.8 Å². The van der Waals surface area contributed by atoms with Crippen molar-refractivity contribution in [1.82, 2.24) is 4.98 Å². The predicted molar refractivity (Wildman–Crippen MR) is 63.5 cm³/mol. The molecular weight excluding hydrogens is 263 g/mol. The van der Waals surface area contributed by atoms with Crippen LogP contribution in [0.5, 0.6) is 0 Å². The van der Waals surface area contributed by atoms with Crippen molar-refractivity contribution in [3.05, 3.63) is 28.2 Å². The third-order valence-corrected chi connectivity index (χ3v) is 2.51. The molecule has 0 spiro atoms. The van der Waals surface area contributed by atoms with Gasteiger partial charge < -0.3 is 16.0 Å². The Labute approximate surface area is 107 Å². The van der Waals surface area contributed by atoms with Crippen LogP contribution in [0.1, 0.15) is 19.4 Å². The largest absolute Gasteiger partial charge is 0.417 e. The van der Waals surface area contributed by atoms with E-state index in [4.69, 9.17) is 5.73 Å². The van der Waals surface area contributed by atoms with Crippen molar-refractivity contribution in [2.45, 2.75) is 26.1 Å². The first-order chi connectivity index (χ1) is 8.62. The number of amides is 1. The summed E-state index contributed by atoms with van der Waals surface area (Å²) in [7, 11) is 0. The first-order valence-electron chi connectivity index (χ1n) is 5.49. The first-order valence-corrected chi connectivity index (χ1v) is 5.49. The molecular formula is C11H14F3N3O2. The van der Waals surface area contributed by atoms with E-state index >= 15 is 0 Å². The van der Waals surface area contributed by atoms with Gasteiger partial charge in [0.15, 0.2) is 0 Å². The van der Waals surface area contributed by atoms with Crippen molar-refractivity contribution in [3.8, 4) is 0 Å². The summed E-state index contributed by atoms with van der Waals surface area (Å²) in [6.07, 6.45) is -4.07. The normalized spacial score (nSPS) is 13.4. The van der Waals surface area contributed by atoms with Gasteiger partial charge in [0.1, 0.15) is 5.69 Å². The van der Waals surface area contributed by atoms with E-state index in [-0.39, 0.29) is 5.92 Å². The Morgan fingerprint density at radius 2 is 2.00 bits per heavy atom. The molecule has 1 atom stereocenters. The zero-order valence-electron chi connectivity index (χ0n) is 10.3. The van der Waals surface area contributed by atoms with Crippen LogP contribution in [0.4, 0.5) is 18.9 Å². The lowest BCUT2D eigenvalue weighted by molar-refractivity contribution is -0.137. The number of hydrogen-bond acceptors (Lipinski definition) is 3. The monoisotopic (exact) mass is 277 g/mol. The van der Waals surface area contributed by atoms with Gasteiger partial charge in [0, 0.05) is 6.20 Å². The molecule has 1 unspecified atom stereocenters. The molecule has 4 N–H and O–H groups in total. The zero-order chi connectivity index (χ0) is 14.8. The van der Waals surface area contributed by atoms with Crippen molar-refractivity contribution < 1.29 is 18.0 Å². The summed E-state index contributed by atoms with van der Waals surface area (Å²) in [6.45, 7) is 3.36. The van der Waals surface area contributed by atoms with Gasteiger partial charge >= 0.3 is 6.18 Å². The van der Waals surface area contributed by atoms with Crippen LogP contribution < -0.4 is 16.6 Å². The number of aromatic nitrogens is 1. The number of carbonyl (C=O) groups excluding carboxylic acids is 1. The highest BCUT2D eigenvalue weighted by atomic mass is 19.4. The summed E-state index contributed by atoms with van der Waals surface area (Å²) < 4.78 is 37.4. The first kappa shape index (κ1) is 15.2. The fourth-order valence-electron chi connectivity index (χ4n) is 1.26. The maximum absolute atomic E-state index is 12.5. The van der Waals surface area contributed by atoms with Crippen LogP contribution in [0.2, 0.25) is 0 Å².